The molecule has 5 rings (SSSR count). The van der Waals surface area contributed by atoms with Crippen molar-refractivity contribution in [3.8, 4) is 5.75 Å². The number of urea groups is 1. The highest BCUT2D eigenvalue weighted by molar-refractivity contribution is 9.10. The second-order valence-corrected chi connectivity index (χ2v) is 10.8. The molecule has 2 aliphatic rings. The molecule has 3 aromatic carbocycles. The molecule has 0 spiro atoms. The molecular weight excluding hydrogens is 598 g/mol. The standard InChI is InChI=1S/C30H28BrClN3O5/c31-24-12-7-21(18-25(24)32)29(38)33-14-15-34-26(19-33)28(27(37)13-6-20-4-2-1-3-5-20)35(30(34)39)22-8-10-23(11-9-22)40-17-16-36/h1-5,7-12,18,26,36H,6,13-17,19H2/q+1. The maximum Gasteiger partial charge on any atom is 0.499 e. The van der Waals surface area contributed by atoms with Gasteiger partial charge in [0.05, 0.1) is 24.7 Å². The second kappa shape index (κ2) is 12.3. The lowest BCUT2D eigenvalue weighted by atomic mass is 9.98. The third kappa shape index (κ3) is 5.82. The van der Waals surface area contributed by atoms with Crippen molar-refractivity contribution in [2.24, 2.45) is 0 Å². The van der Waals surface area contributed by atoms with Gasteiger partial charge in [0.1, 0.15) is 24.6 Å². The molecule has 2 aliphatic heterocycles. The Hall–Kier alpha value is -3.53. The largest absolute Gasteiger partial charge is 0.499 e. The Balaban J connectivity index is 1.46. The Morgan fingerprint density at radius 1 is 1.05 bits per heavy atom. The summed E-state index contributed by atoms with van der Waals surface area (Å²) in [5.74, 6) is 0.191. The number of piperazine rings is 1. The summed E-state index contributed by atoms with van der Waals surface area (Å²) in [7, 11) is 0. The van der Waals surface area contributed by atoms with Crippen molar-refractivity contribution >= 4 is 56.7 Å². The van der Waals surface area contributed by atoms with Crippen molar-refractivity contribution in [3.63, 3.8) is 0 Å². The van der Waals surface area contributed by atoms with E-state index < -0.39 is 6.04 Å². The summed E-state index contributed by atoms with van der Waals surface area (Å²) in [4.78, 5) is 44.3. The number of amides is 3. The molecule has 1 atom stereocenters. The Labute approximate surface area is 245 Å². The minimum absolute atomic E-state index is 0.113. The van der Waals surface area contributed by atoms with Crippen LogP contribution in [0.1, 0.15) is 22.3 Å². The fraction of sp³-hybridized carbons (Fsp3) is 0.267. The Kier molecular flexibility index (Phi) is 8.63. The van der Waals surface area contributed by atoms with Crippen LogP contribution in [-0.2, 0) is 11.2 Å². The number of halogens is 2. The number of fused-ring (bicyclic) bond motifs is 1. The monoisotopic (exact) mass is 624 g/mol. The predicted octanol–water partition coefficient (Wildman–Crippen LogP) is 4.72. The molecule has 0 aliphatic carbocycles. The third-order valence-corrected chi connectivity index (χ3v) is 8.28. The fourth-order valence-electron chi connectivity index (χ4n) is 5.07. The van der Waals surface area contributed by atoms with Crippen LogP contribution < -0.4 is 4.74 Å². The topological polar surface area (TPSA) is 90.2 Å². The van der Waals surface area contributed by atoms with Crippen molar-refractivity contribution in [2.45, 2.75) is 18.9 Å². The van der Waals surface area contributed by atoms with Gasteiger partial charge in [-0.25, -0.2) is 4.90 Å². The van der Waals surface area contributed by atoms with E-state index in [4.69, 9.17) is 21.4 Å². The number of carbonyl (C=O) groups excluding carboxylic acids is 3. The second-order valence-electron chi connectivity index (χ2n) is 9.57. The van der Waals surface area contributed by atoms with Gasteiger partial charge in [-0.2, -0.15) is 9.37 Å². The number of carbonyl (C=O) groups is 3. The highest BCUT2D eigenvalue weighted by atomic mass is 79.9. The summed E-state index contributed by atoms with van der Waals surface area (Å²) < 4.78 is 7.63. The first-order valence-electron chi connectivity index (χ1n) is 13.0. The molecule has 0 saturated carbocycles. The molecule has 3 amide bonds. The molecular formula is C30H28BrClN3O5+. The number of Topliss-reactive ketones (excluding diaryl/α,β-unsaturated/α-hetero) is 1. The molecule has 10 heteroatoms. The first-order valence-corrected chi connectivity index (χ1v) is 14.2. The molecule has 1 N–H and O–H groups in total. The van der Waals surface area contributed by atoms with E-state index in [0.717, 1.165) is 5.56 Å². The average Bonchev–Trinajstić information content (AvgIpc) is 3.28. The molecule has 3 aromatic rings. The summed E-state index contributed by atoms with van der Waals surface area (Å²) in [5, 5.41) is 9.47. The Bertz CT molecular complexity index is 1460. The van der Waals surface area contributed by atoms with E-state index in [1.807, 2.05) is 30.3 Å². The zero-order valence-electron chi connectivity index (χ0n) is 21.6. The van der Waals surface area contributed by atoms with Crippen LogP contribution in [0, 0.1) is 0 Å². The van der Waals surface area contributed by atoms with E-state index >= 15 is 0 Å². The van der Waals surface area contributed by atoms with Crippen LogP contribution in [-0.4, -0.2) is 81.8 Å². The number of ether oxygens (including phenoxy) is 1. The minimum Gasteiger partial charge on any atom is -0.491 e. The highest BCUT2D eigenvalue weighted by Gasteiger charge is 2.53. The zero-order valence-corrected chi connectivity index (χ0v) is 24.0. The van der Waals surface area contributed by atoms with E-state index in [1.165, 1.54) is 4.58 Å². The van der Waals surface area contributed by atoms with Crippen molar-refractivity contribution < 1.29 is 28.8 Å². The first kappa shape index (κ1) is 28.0. The molecule has 1 unspecified atom stereocenters. The maximum absolute atomic E-state index is 13.8. The lowest BCUT2D eigenvalue weighted by Crippen LogP contribution is -2.56. The van der Waals surface area contributed by atoms with Gasteiger partial charge in [-0.1, -0.05) is 41.9 Å². The van der Waals surface area contributed by atoms with Crippen molar-refractivity contribution in [1.29, 1.82) is 0 Å². The first-order chi connectivity index (χ1) is 19.4. The van der Waals surface area contributed by atoms with Gasteiger partial charge in [0, 0.05) is 16.5 Å². The lowest BCUT2D eigenvalue weighted by Gasteiger charge is -2.32. The van der Waals surface area contributed by atoms with E-state index in [-0.39, 0.29) is 43.9 Å². The van der Waals surface area contributed by atoms with Gasteiger partial charge in [0.2, 0.25) is 11.5 Å². The van der Waals surface area contributed by atoms with Gasteiger partial charge >= 0.3 is 6.03 Å². The van der Waals surface area contributed by atoms with Gasteiger partial charge in [-0.15, -0.1) is 0 Å². The quantitative estimate of drug-likeness (QED) is 0.348. The fourth-order valence-corrected chi connectivity index (χ4v) is 5.50. The van der Waals surface area contributed by atoms with Gasteiger partial charge in [0.25, 0.3) is 5.91 Å². The van der Waals surface area contributed by atoms with E-state index in [9.17, 15) is 14.4 Å². The van der Waals surface area contributed by atoms with Crippen molar-refractivity contribution in [3.05, 3.63) is 93.4 Å². The molecule has 1 fully saturated rings. The summed E-state index contributed by atoms with van der Waals surface area (Å²) in [6.45, 7) is 0.864. The molecule has 0 radical (unpaired) electrons. The number of rotatable bonds is 9. The number of ketones is 1. The number of aliphatic hydroxyl groups is 1. The van der Waals surface area contributed by atoms with Crippen molar-refractivity contribution in [2.75, 3.05) is 32.8 Å². The predicted molar refractivity (Wildman–Crippen MR) is 155 cm³/mol. The van der Waals surface area contributed by atoms with E-state index in [1.54, 1.807) is 52.3 Å². The average molecular weight is 626 g/mol. The van der Waals surface area contributed by atoms with Gasteiger partial charge < -0.3 is 14.7 Å². The number of hydrogen-bond donors (Lipinski definition) is 1. The molecule has 0 aromatic heterocycles. The SMILES string of the molecule is O=C(CCc1ccccc1)C1=[N+](c2ccc(OCCO)cc2)C(=O)N2CCN(C(=O)c3ccc(Br)c(Cl)c3)CC12. The number of hydrogen-bond acceptors (Lipinski definition) is 5. The van der Waals surface area contributed by atoms with Gasteiger partial charge in [0.15, 0.2) is 6.04 Å². The normalized spacial score (nSPS) is 16.8. The Morgan fingerprint density at radius 2 is 1.80 bits per heavy atom. The number of aliphatic hydroxyl groups excluding tert-OH is 1. The van der Waals surface area contributed by atoms with Gasteiger partial charge in [-0.05, 0) is 70.4 Å². The van der Waals surface area contributed by atoms with Crippen LogP contribution >= 0.6 is 27.5 Å². The summed E-state index contributed by atoms with van der Waals surface area (Å²) in [6, 6.07) is 20.7. The van der Waals surface area contributed by atoms with Crippen LogP contribution in [0.25, 0.3) is 0 Å². The maximum atomic E-state index is 13.8. The van der Waals surface area contributed by atoms with E-state index in [0.29, 0.717) is 51.7 Å². The summed E-state index contributed by atoms with van der Waals surface area (Å²) >= 11 is 9.59. The van der Waals surface area contributed by atoms with Crippen LogP contribution in [0.5, 0.6) is 5.75 Å². The van der Waals surface area contributed by atoms with Crippen LogP contribution in [0.15, 0.2) is 77.3 Å². The highest BCUT2D eigenvalue weighted by Crippen LogP contribution is 2.29. The third-order valence-electron chi connectivity index (χ3n) is 7.05. The lowest BCUT2D eigenvalue weighted by molar-refractivity contribution is -0.332. The molecule has 8 nitrogen and oxygen atoms in total. The van der Waals surface area contributed by atoms with Crippen LogP contribution in [0.3, 0.4) is 0 Å². The minimum atomic E-state index is -0.579. The van der Waals surface area contributed by atoms with Crippen LogP contribution in [0.4, 0.5) is 10.5 Å². The zero-order chi connectivity index (χ0) is 28.2. The Morgan fingerprint density at radius 3 is 2.50 bits per heavy atom. The smallest absolute Gasteiger partial charge is 0.491 e. The molecule has 2 heterocycles. The van der Waals surface area contributed by atoms with E-state index in [2.05, 4.69) is 15.9 Å². The summed E-state index contributed by atoms with van der Waals surface area (Å²) in [5.41, 5.74) is 2.37. The molecule has 0 bridgehead atoms. The number of aryl methyl sites for hydroxylation is 1. The number of nitrogens with zero attached hydrogens (tertiary/aromatic N) is 3. The summed E-state index contributed by atoms with van der Waals surface area (Å²) in [6.07, 6.45) is 0.757. The van der Waals surface area contributed by atoms with Gasteiger partial charge in [-0.3, -0.25) is 9.59 Å². The molecule has 206 valence electrons. The van der Waals surface area contributed by atoms with Crippen LogP contribution in [0.2, 0.25) is 5.02 Å². The van der Waals surface area contributed by atoms with Crippen molar-refractivity contribution in [1.82, 2.24) is 9.80 Å². The number of benzene rings is 3. The molecule has 40 heavy (non-hydrogen) atoms. The molecule has 1 saturated heterocycles.